The molecule has 5 aromatic carbocycles. The van der Waals surface area contributed by atoms with Crippen LogP contribution in [0.4, 0.5) is 11.4 Å². The molecule has 2 amide bonds. The first-order valence-corrected chi connectivity index (χ1v) is 18.9. The second-order valence-electron chi connectivity index (χ2n) is 14.3. The minimum Gasteiger partial charge on any atom is -0.397 e. The molecule has 0 unspecified atom stereocenters. The molecule has 0 bridgehead atoms. The zero-order valence-corrected chi connectivity index (χ0v) is 31.2. The Morgan fingerprint density at radius 1 is 0.796 bits per heavy atom. The number of hydrogen-bond acceptors (Lipinski definition) is 7. The Morgan fingerprint density at radius 2 is 1.46 bits per heavy atom. The third kappa shape index (κ3) is 10.5. The number of anilines is 2. The molecule has 1 aliphatic heterocycles. The van der Waals surface area contributed by atoms with Gasteiger partial charge in [-0.05, 0) is 78.0 Å². The van der Waals surface area contributed by atoms with E-state index in [2.05, 4.69) is 72.0 Å². The van der Waals surface area contributed by atoms with Crippen molar-refractivity contribution in [2.45, 2.75) is 83.1 Å². The maximum absolute atomic E-state index is 12.6. The van der Waals surface area contributed by atoms with Crippen molar-refractivity contribution in [3.63, 3.8) is 0 Å². The molecule has 5 aromatic rings. The van der Waals surface area contributed by atoms with Gasteiger partial charge in [0.1, 0.15) is 0 Å². The predicted octanol–water partition coefficient (Wildman–Crippen LogP) is 8.36. The third-order valence-electron chi connectivity index (χ3n) is 10.3. The van der Waals surface area contributed by atoms with E-state index in [9.17, 15) is 14.7 Å². The van der Waals surface area contributed by atoms with Gasteiger partial charge in [-0.1, -0.05) is 103 Å². The molecule has 1 saturated heterocycles. The number of rotatable bonds is 16. The van der Waals surface area contributed by atoms with Crippen molar-refractivity contribution in [1.29, 1.82) is 0 Å². The number of aliphatic hydroxyl groups is 1. The summed E-state index contributed by atoms with van der Waals surface area (Å²) in [4.78, 5) is 27.2. The van der Waals surface area contributed by atoms with Crippen molar-refractivity contribution in [2.75, 3.05) is 24.6 Å². The number of aliphatic hydroxyl groups excluding tert-OH is 1. The smallest absolute Gasteiger partial charge is 0.224 e. The molecule has 54 heavy (non-hydrogen) atoms. The number of para-hydroxylation sites is 2. The van der Waals surface area contributed by atoms with Crippen LogP contribution < -0.4 is 16.4 Å². The lowest BCUT2D eigenvalue weighted by Crippen LogP contribution is -2.38. The van der Waals surface area contributed by atoms with Crippen molar-refractivity contribution in [3.05, 3.63) is 143 Å². The molecule has 6 rings (SSSR count). The van der Waals surface area contributed by atoms with Gasteiger partial charge in [-0.3, -0.25) is 14.5 Å². The fourth-order valence-electron chi connectivity index (χ4n) is 6.89. The van der Waals surface area contributed by atoms with Crippen molar-refractivity contribution in [2.24, 2.45) is 0 Å². The number of nitrogens with one attached hydrogen (secondary N) is 2. The average molecular weight is 729 g/mol. The monoisotopic (exact) mass is 728 g/mol. The highest BCUT2D eigenvalue weighted by atomic mass is 16.7. The minimum absolute atomic E-state index is 0.00334. The van der Waals surface area contributed by atoms with E-state index in [0.717, 1.165) is 35.2 Å². The number of amides is 2. The summed E-state index contributed by atoms with van der Waals surface area (Å²) in [6.45, 7) is 3.37. The van der Waals surface area contributed by atoms with Gasteiger partial charge in [-0.15, -0.1) is 0 Å². The Morgan fingerprint density at radius 3 is 2.20 bits per heavy atom. The second-order valence-corrected chi connectivity index (χ2v) is 14.3. The van der Waals surface area contributed by atoms with Gasteiger partial charge in [0.2, 0.25) is 11.8 Å². The SMILES string of the molecule is C[C@H](c1ccc2ccccc2c1)N(C)C[C@H]1C[C@@H](c2ccc(CO)cc2)O[C@@H](c2ccc(CNC(=O)CCCCCC(=O)Nc3ccccc3N)cc2)O1. The molecule has 9 heteroatoms. The molecule has 5 N–H and O–H groups in total. The number of nitrogen functional groups attached to an aromatic ring is 1. The van der Waals surface area contributed by atoms with Crippen molar-refractivity contribution < 1.29 is 24.2 Å². The number of fused-ring (bicyclic) bond motifs is 1. The lowest BCUT2D eigenvalue weighted by Gasteiger charge is -2.39. The summed E-state index contributed by atoms with van der Waals surface area (Å²) in [5, 5.41) is 17.9. The van der Waals surface area contributed by atoms with Crippen LogP contribution in [0.5, 0.6) is 0 Å². The number of likely N-dealkylation sites (N-methyl/N-ethyl adjacent to an activating group) is 1. The molecule has 9 nitrogen and oxygen atoms in total. The van der Waals surface area contributed by atoms with E-state index in [-0.39, 0.29) is 36.7 Å². The molecular weight excluding hydrogens is 677 g/mol. The van der Waals surface area contributed by atoms with Gasteiger partial charge >= 0.3 is 0 Å². The summed E-state index contributed by atoms with van der Waals surface area (Å²) < 4.78 is 13.2. The van der Waals surface area contributed by atoms with E-state index in [4.69, 9.17) is 15.2 Å². The quantitative estimate of drug-likeness (QED) is 0.0594. The highest BCUT2D eigenvalue weighted by molar-refractivity contribution is 5.93. The van der Waals surface area contributed by atoms with E-state index < -0.39 is 6.29 Å². The molecule has 1 fully saturated rings. The fraction of sp³-hybridized carbons (Fsp3) is 0.333. The van der Waals surface area contributed by atoms with Gasteiger partial charge in [-0.2, -0.15) is 0 Å². The Hall–Kier alpha value is -5.06. The maximum atomic E-state index is 12.6. The number of unbranched alkanes of at least 4 members (excludes halogenated alkanes) is 2. The van der Waals surface area contributed by atoms with Crippen LogP contribution in [0.25, 0.3) is 10.8 Å². The van der Waals surface area contributed by atoms with E-state index in [0.29, 0.717) is 50.0 Å². The van der Waals surface area contributed by atoms with Gasteiger partial charge in [-0.25, -0.2) is 0 Å². The third-order valence-corrected chi connectivity index (χ3v) is 10.3. The van der Waals surface area contributed by atoms with Crippen molar-refractivity contribution in [3.8, 4) is 0 Å². The van der Waals surface area contributed by atoms with Crippen LogP contribution in [-0.4, -0.2) is 41.5 Å². The number of hydrogen-bond donors (Lipinski definition) is 4. The first kappa shape index (κ1) is 38.7. The first-order valence-electron chi connectivity index (χ1n) is 18.9. The number of nitrogens with zero attached hydrogens (tertiary/aromatic N) is 1. The Bertz CT molecular complexity index is 1980. The van der Waals surface area contributed by atoms with Crippen LogP contribution >= 0.6 is 0 Å². The zero-order valence-electron chi connectivity index (χ0n) is 31.2. The van der Waals surface area contributed by atoms with E-state index in [1.54, 1.807) is 12.1 Å². The van der Waals surface area contributed by atoms with Gasteiger partial charge < -0.3 is 30.9 Å². The highest BCUT2D eigenvalue weighted by Gasteiger charge is 2.33. The van der Waals surface area contributed by atoms with Gasteiger partial charge in [0, 0.05) is 44.0 Å². The molecule has 282 valence electrons. The molecule has 0 aromatic heterocycles. The predicted molar refractivity (Wildman–Crippen MR) is 214 cm³/mol. The topological polar surface area (TPSA) is 126 Å². The van der Waals surface area contributed by atoms with Gasteiger partial charge in [0.05, 0.1) is 30.2 Å². The first-order chi connectivity index (χ1) is 26.2. The summed E-state index contributed by atoms with van der Waals surface area (Å²) in [6, 6.07) is 38.4. The van der Waals surface area contributed by atoms with Crippen LogP contribution in [0.3, 0.4) is 0 Å². The summed E-state index contributed by atoms with van der Waals surface area (Å²) in [5.41, 5.74) is 12.1. The average Bonchev–Trinajstić information content (AvgIpc) is 3.20. The van der Waals surface area contributed by atoms with Crippen LogP contribution in [0.15, 0.2) is 115 Å². The number of nitrogens with two attached hydrogens (primary N) is 1. The minimum atomic E-state index is -0.564. The molecular formula is C45H52N4O5. The van der Waals surface area contributed by atoms with Crippen LogP contribution in [0.1, 0.15) is 91.7 Å². The van der Waals surface area contributed by atoms with E-state index >= 15 is 0 Å². The Kier molecular flexibility index (Phi) is 13.5. The van der Waals surface area contributed by atoms with Crippen LogP contribution in [0, 0.1) is 0 Å². The Balaban J connectivity index is 1.01. The highest BCUT2D eigenvalue weighted by Crippen LogP contribution is 2.39. The molecule has 0 saturated carbocycles. The number of carbonyl (C=O) groups is 2. The standard InChI is InChI=1S/C45H52N4O5/c1-31(37-25-24-34-10-6-7-11-38(34)26-37)49(2)29-39-27-42(35-20-18-33(30-50)19-21-35)54-45(53-39)36-22-16-32(17-23-36)28-47-43(51)14-4-3-5-15-44(52)48-41-13-9-8-12-40(41)46/h6-13,16-26,31,39,42,45,50H,3-5,14-15,27-30,46H2,1-2H3,(H,47,51)(H,48,52)/t31-,39-,42+,45+/m1/s1. The molecule has 1 aliphatic rings. The Labute approximate surface area is 318 Å². The molecule has 0 spiro atoms. The van der Waals surface area contributed by atoms with E-state index in [1.807, 2.05) is 60.7 Å². The molecule has 1 heterocycles. The molecule has 0 aliphatic carbocycles. The van der Waals surface area contributed by atoms with Crippen LogP contribution in [-0.2, 0) is 32.2 Å². The fourth-order valence-corrected chi connectivity index (χ4v) is 6.89. The lowest BCUT2D eigenvalue weighted by atomic mass is 9.98. The van der Waals surface area contributed by atoms with Gasteiger partial charge in [0.15, 0.2) is 6.29 Å². The van der Waals surface area contributed by atoms with Gasteiger partial charge in [0.25, 0.3) is 0 Å². The summed E-state index contributed by atoms with van der Waals surface area (Å²) in [7, 11) is 2.14. The van der Waals surface area contributed by atoms with Crippen molar-refractivity contribution >= 4 is 34.0 Å². The zero-order chi connectivity index (χ0) is 37.9. The van der Waals surface area contributed by atoms with Crippen LogP contribution in [0.2, 0.25) is 0 Å². The largest absolute Gasteiger partial charge is 0.397 e. The van der Waals surface area contributed by atoms with E-state index in [1.165, 1.54) is 16.3 Å². The summed E-state index contributed by atoms with van der Waals surface area (Å²) >= 11 is 0. The maximum Gasteiger partial charge on any atom is 0.224 e. The van der Waals surface area contributed by atoms with Crippen molar-refractivity contribution in [1.82, 2.24) is 10.2 Å². The summed E-state index contributed by atoms with van der Waals surface area (Å²) in [5.74, 6) is -0.0917. The lowest BCUT2D eigenvalue weighted by molar-refractivity contribution is -0.253. The number of benzene rings is 5. The molecule has 0 radical (unpaired) electrons. The summed E-state index contributed by atoms with van der Waals surface area (Å²) in [6.07, 6.45) is 2.86. The number of ether oxygens (including phenoxy) is 2. The molecule has 4 atom stereocenters. The normalized spacial score (nSPS) is 17.7. The second kappa shape index (κ2) is 18.8. The number of carbonyl (C=O) groups excluding carboxylic acids is 2.